The van der Waals surface area contributed by atoms with Gasteiger partial charge in [-0.1, -0.05) is 60.7 Å². The number of para-hydroxylation sites is 3. The van der Waals surface area contributed by atoms with Gasteiger partial charge < -0.3 is 28.1 Å². The van der Waals surface area contributed by atoms with Gasteiger partial charge in [0.1, 0.15) is 33.5 Å². The van der Waals surface area contributed by atoms with E-state index in [9.17, 15) is 0 Å². The van der Waals surface area contributed by atoms with E-state index in [-0.39, 0.29) is 0 Å². The summed E-state index contributed by atoms with van der Waals surface area (Å²) in [6.45, 7) is 2.02. The van der Waals surface area contributed by atoms with Crippen LogP contribution in [0.25, 0.3) is 116 Å². The molecule has 0 bridgehead atoms. The molecule has 0 unspecified atom stereocenters. The SMILES string of the molecule is C/C=C\c1c(N)c2c3oc4c(ccc5c4c4ccccc4n5-c4ccc5oc6ccccc6c5c4)c3ccc2n1-c1ccc2oc3ccccc3c2c1. The molecule has 7 aromatic carbocycles. The number of allylic oxidation sites excluding steroid dienone is 1. The molecule has 0 saturated heterocycles. The number of hydrogen-bond acceptors (Lipinski definition) is 4. The smallest absolute Gasteiger partial charge is 0.146 e. The lowest BCUT2D eigenvalue weighted by molar-refractivity contribution is 0.668. The van der Waals surface area contributed by atoms with Crippen LogP contribution < -0.4 is 5.73 Å². The van der Waals surface area contributed by atoms with Gasteiger partial charge in [0, 0.05) is 49.1 Å². The predicted molar refractivity (Wildman–Crippen MR) is 219 cm³/mol. The third-order valence-corrected chi connectivity index (χ3v) is 11.0. The zero-order valence-corrected chi connectivity index (χ0v) is 28.6. The Morgan fingerprint density at radius 3 is 1.62 bits per heavy atom. The number of anilines is 1. The molecule has 0 aliphatic rings. The van der Waals surface area contributed by atoms with Crippen LogP contribution in [-0.2, 0) is 0 Å². The molecular weight excluding hydrogens is 655 g/mol. The van der Waals surface area contributed by atoms with Crippen molar-refractivity contribution in [2.45, 2.75) is 6.92 Å². The van der Waals surface area contributed by atoms with Crippen LogP contribution in [0.4, 0.5) is 5.69 Å². The second kappa shape index (κ2) is 10.2. The standard InChI is InChI=1S/C47H29N3O3/c1-2-9-38-45(48)44-37(50(38)27-17-23-42-34(25-27)29-11-5-8-15-40(29)52-42)21-19-31-30-18-20-36-43(46(30)53-47(31)44)32-12-3-6-13-35(32)49(36)26-16-22-41-33(24-26)28-10-4-7-14-39(28)51-41/h2-25H,48H2,1H3/b9-2-. The summed E-state index contributed by atoms with van der Waals surface area (Å²) in [6.07, 6.45) is 4.11. The summed E-state index contributed by atoms with van der Waals surface area (Å²) in [7, 11) is 0. The van der Waals surface area contributed by atoms with Crippen LogP contribution in [0.3, 0.4) is 0 Å². The van der Waals surface area contributed by atoms with E-state index in [0.29, 0.717) is 5.69 Å². The lowest BCUT2D eigenvalue weighted by atomic mass is 10.1. The molecule has 2 N–H and O–H groups in total. The molecule has 0 amide bonds. The Kier molecular flexibility index (Phi) is 5.49. The molecular formula is C47H29N3O3. The molecule has 5 heterocycles. The highest BCUT2D eigenvalue weighted by molar-refractivity contribution is 6.27. The quantitative estimate of drug-likeness (QED) is 0.201. The Labute approximate surface area is 301 Å². The maximum atomic E-state index is 7.13. The lowest BCUT2D eigenvalue weighted by Gasteiger charge is -2.09. The van der Waals surface area contributed by atoms with E-state index < -0.39 is 0 Å². The van der Waals surface area contributed by atoms with Gasteiger partial charge in [-0.2, -0.15) is 0 Å². The molecule has 0 atom stereocenters. The normalized spacial score (nSPS) is 12.6. The minimum atomic E-state index is 0.680. The monoisotopic (exact) mass is 683 g/mol. The number of furan rings is 3. The van der Waals surface area contributed by atoms with Gasteiger partial charge in [-0.3, -0.25) is 0 Å². The van der Waals surface area contributed by atoms with Gasteiger partial charge in [-0.15, -0.1) is 0 Å². The number of nitrogen functional groups attached to an aromatic ring is 1. The third-order valence-electron chi connectivity index (χ3n) is 11.0. The minimum absolute atomic E-state index is 0.680. The average Bonchev–Trinajstić information content (AvgIpc) is 3.99. The van der Waals surface area contributed by atoms with Gasteiger partial charge in [0.25, 0.3) is 0 Å². The van der Waals surface area contributed by atoms with Crippen LogP contribution in [0.15, 0.2) is 153 Å². The number of fused-ring (bicyclic) bond motifs is 15. The van der Waals surface area contributed by atoms with Gasteiger partial charge in [0.2, 0.25) is 0 Å². The Balaban J connectivity index is 1.14. The second-order valence-electron chi connectivity index (χ2n) is 13.8. The fourth-order valence-corrected chi connectivity index (χ4v) is 8.75. The number of aromatic nitrogens is 2. The van der Waals surface area contributed by atoms with Crippen LogP contribution in [0.1, 0.15) is 12.6 Å². The first kappa shape index (κ1) is 28.5. The highest BCUT2D eigenvalue weighted by atomic mass is 16.3. The van der Waals surface area contributed by atoms with E-state index in [1.807, 2.05) is 49.4 Å². The summed E-state index contributed by atoms with van der Waals surface area (Å²) in [6, 6.07) is 46.5. The van der Waals surface area contributed by atoms with Crippen molar-refractivity contribution in [1.29, 1.82) is 0 Å². The fourth-order valence-electron chi connectivity index (χ4n) is 8.75. The molecule has 0 saturated carbocycles. The third kappa shape index (κ3) is 3.71. The van der Waals surface area contributed by atoms with E-state index in [2.05, 4.69) is 112 Å². The molecule has 53 heavy (non-hydrogen) atoms. The Morgan fingerprint density at radius 2 is 0.981 bits per heavy atom. The van der Waals surface area contributed by atoms with Crippen LogP contribution in [0.2, 0.25) is 0 Å². The summed E-state index contributed by atoms with van der Waals surface area (Å²) in [4.78, 5) is 0. The number of rotatable bonds is 3. The van der Waals surface area contributed by atoms with E-state index in [4.69, 9.17) is 19.0 Å². The first-order chi connectivity index (χ1) is 26.2. The zero-order valence-electron chi connectivity index (χ0n) is 28.6. The van der Waals surface area contributed by atoms with Crippen LogP contribution in [0, 0.1) is 0 Å². The van der Waals surface area contributed by atoms with Gasteiger partial charge in [0.05, 0.1) is 38.7 Å². The molecule has 6 nitrogen and oxygen atoms in total. The van der Waals surface area contributed by atoms with Crippen molar-refractivity contribution in [2.75, 3.05) is 5.73 Å². The van der Waals surface area contributed by atoms with Gasteiger partial charge in [0.15, 0.2) is 0 Å². The summed E-state index contributed by atoms with van der Waals surface area (Å²) < 4.78 is 24.0. The second-order valence-corrected chi connectivity index (χ2v) is 13.8. The fraction of sp³-hybridized carbons (Fsp3) is 0.0213. The molecule has 0 radical (unpaired) electrons. The van der Waals surface area contributed by atoms with E-state index >= 15 is 0 Å². The van der Waals surface area contributed by atoms with Crippen LogP contribution >= 0.6 is 0 Å². The first-order valence-corrected chi connectivity index (χ1v) is 17.8. The van der Waals surface area contributed by atoms with E-state index in [1.165, 1.54) is 0 Å². The first-order valence-electron chi connectivity index (χ1n) is 17.8. The Morgan fingerprint density at radius 1 is 0.453 bits per heavy atom. The van der Waals surface area contributed by atoms with Crippen LogP contribution in [0.5, 0.6) is 0 Å². The topological polar surface area (TPSA) is 75.3 Å². The van der Waals surface area contributed by atoms with Crippen LogP contribution in [-0.4, -0.2) is 9.13 Å². The van der Waals surface area contributed by atoms with Crippen molar-refractivity contribution in [3.63, 3.8) is 0 Å². The molecule has 12 rings (SSSR count). The predicted octanol–water partition coefficient (Wildman–Crippen LogP) is 13.0. The maximum absolute atomic E-state index is 7.13. The van der Waals surface area contributed by atoms with Crippen molar-refractivity contribution >= 4 is 110 Å². The van der Waals surface area contributed by atoms with Gasteiger partial charge >= 0.3 is 0 Å². The molecule has 250 valence electrons. The summed E-state index contributed by atoms with van der Waals surface area (Å²) in [5.74, 6) is 0. The molecule has 6 heteroatoms. The van der Waals surface area contributed by atoms with E-state index in [0.717, 1.165) is 116 Å². The number of benzene rings is 7. The van der Waals surface area contributed by atoms with Crippen molar-refractivity contribution < 1.29 is 13.3 Å². The lowest BCUT2D eigenvalue weighted by Crippen LogP contribution is -1.97. The van der Waals surface area contributed by atoms with Gasteiger partial charge in [-0.25, -0.2) is 0 Å². The largest absolute Gasteiger partial charge is 0.456 e. The van der Waals surface area contributed by atoms with Crippen molar-refractivity contribution in [2.24, 2.45) is 0 Å². The summed E-state index contributed by atoms with van der Waals surface area (Å²) in [5.41, 5.74) is 19.1. The highest BCUT2D eigenvalue weighted by Crippen LogP contribution is 2.46. The molecule has 0 spiro atoms. The van der Waals surface area contributed by atoms with Gasteiger partial charge in [-0.05, 0) is 91.9 Å². The highest BCUT2D eigenvalue weighted by Gasteiger charge is 2.24. The maximum Gasteiger partial charge on any atom is 0.146 e. The molecule has 12 aromatic rings. The summed E-state index contributed by atoms with van der Waals surface area (Å²) >= 11 is 0. The molecule has 5 aromatic heterocycles. The number of nitrogens with two attached hydrogens (primary N) is 1. The average molecular weight is 684 g/mol. The van der Waals surface area contributed by atoms with Crippen molar-refractivity contribution in [3.05, 3.63) is 145 Å². The minimum Gasteiger partial charge on any atom is -0.456 e. The zero-order chi connectivity index (χ0) is 34.9. The van der Waals surface area contributed by atoms with E-state index in [1.54, 1.807) is 0 Å². The Bertz CT molecular complexity index is 3550. The van der Waals surface area contributed by atoms with Crippen molar-refractivity contribution in [1.82, 2.24) is 9.13 Å². The number of nitrogens with zero attached hydrogens (tertiary/aromatic N) is 2. The summed E-state index contributed by atoms with van der Waals surface area (Å²) in [5, 5.41) is 9.53. The number of hydrogen-bond donors (Lipinski definition) is 1. The molecule has 0 aliphatic carbocycles. The van der Waals surface area contributed by atoms with Crippen molar-refractivity contribution in [3.8, 4) is 11.4 Å². The Hall–Kier alpha value is -7.18. The molecule has 0 fully saturated rings. The molecule has 0 aliphatic heterocycles.